The van der Waals surface area contributed by atoms with Crippen LogP contribution in [-0.2, 0) is 6.54 Å². The molecule has 4 nitrogen and oxygen atoms in total. The molecule has 0 saturated carbocycles. The van der Waals surface area contributed by atoms with Crippen molar-refractivity contribution in [3.63, 3.8) is 0 Å². The van der Waals surface area contributed by atoms with Crippen LogP contribution in [-0.4, -0.2) is 14.7 Å². The zero-order valence-corrected chi connectivity index (χ0v) is 11.0. The molecular formula is C13H13N3OS. The van der Waals surface area contributed by atoms with Crippen molar-refractivity contribution >= 4 is 23.3 Å². The van der Waals surface area contributed by atoms with Gasteiger partial charge in [-0.1, -0.05) is 17.3 Å². The number of para-hydroxylation sites is 1. The van der Waals surface area contributed by atoms with Crippen LogP contribution in [0.1, 0.15) is 17.0 Å². The number of hydrogen-bond acceptors (Lipinski definition) is 3. The number of benzene rings is 1. The highest BCUT2D eigenvalue weighted by molar-refractivity contribution is 7.71. The van der Waals surface area contributed by atoms with E-state index in [1.54, 1.807) is 0 Å². The van der Waals surface area contributed by atoms with Crippen LogP contribution in [0.5, 0.6) is 0 Å². The predicted molar refractivity (Wildman–Crippen MR) is 72.2 cm³/mol. The molecule has 0 bridgehead atoms. The Morgan fingerprint density at radius 2 is 2.22 bits per heavy atom. The number of nitrogens with one attached hydrogen (secondary N) is 1. The number of rotatable bonds is 2. The Morgan fingerprint density at radius 3 is 2.94 bits per heavy atom. The maximum absolute atomic E-state index is 5.36. The molecular weight excluding hydrogens is 246 g/mol. The summed E-state index contributed by atoms with van der Waals surface area (Å²) in [5, 5.41) is 3.89. The summed E-state index contributed by atoms with van der Waals surface area (Å²) in [6.07, 6.45) is 0. The van der Waals surface area contributed by atoms with Gasteiger partial charge in [0.2, 0.25) is 0 Å². The van der Waals surface area contributed by atoms with Gasteiger partial charge in [-0.05, 0) is 37.7 Å². The molecule has 92 valence electrons. The van der Waals surface area contributed by atoms with E-state index in [0.717, 1.165) is 22.5 Å². The van der Waals surface area contributed by atoms with Crippen LogP contribution in [0.15, 0.2) is 28.8 Å². The second-order valence-electron chi connectivity index (χ2n) is 4.42. The first kappa shape index (κ1) is 11.2. The van der Waals surface area contributed by atoms with Crippen LogP contribution in [0, 0.1) is 18.6 Å². The van der Waals surface area contributed by atoms with E-state index in [1.165, 1.54) is 5.56 Å². The van der Waals surface area contributed by atoms with Gasteiger partial charge < -0.3 is 14.1 Å². The van der Waals surface area contributed by atoms with Crippen LogP contribution in [0.4, 0.5) is 0 Å². The lowest BCUT2D eigenvalue weighted by molar-refractivity contribution is 0.373. The summed E-state index contributed by atoms with van der Waals surface area (Å²) in [5.41, 5.74) is 4.24. The molecule has 0 unspecified atom stereocenters. The number of fused-ring (bicyclic) bond motifs is 1. The van der Waals surface area contributed by atoms with Gasteiger partial charge in [0.15, 0.2) is 10.5 Å². The van der Waals surface area contributed by atoms with Crippen molar-refractivity contribution < 1.29 is 4.52 Å². The van der Waals surface area contributed by atoms with E-state index in [-0.39, 0.29) is 0 Å². The van der Waals surface area contributed by atoms with E-state index in [4.69, 9.17) is 16.7 Å². The number of aryl methyl sites for hydroxylation is 2. The van der Waals surface area contributed by atoms with E-state index in [2.05, 4.69) is 29.2 Å². The van der Waals surface area contributed by atoms with Crippen molar-refractivity contribution in [2.45, 2.75) is 20.4 Å². The zero-order chi connectivity index (χ0) is 12.7. The summed E-state index contributed by atoms with van der Waals surface area (Å²) >= 11 is 5.36. The number of aromatic nitrogens is 3. The third kappa shape index (κ3) is 1.76. The molecule has 0 saturated heterocycles. The van der Waals surface area contributed by atoms with Gasteiger partial charge in [-0.3, -0.25) is 0 Å². The van der Waals surface area contributed by atoms with Gasteiger partial charge in [0.25, 0.3) is 0 Å². The monoisotopic (exact) mass is 259 g/mol. The first-order valence-corrected chi connectivity index (χ1v) is 6.16. The van der Waals surface area contributed by atoms with E-state index in [0.29, 0.717) is 11.3 Å². The second-order valence-corrected chi connectivity index (χ2v) is 4.81. The van der Waals surface area contributed by atoms with Crippen molar-refractivity contribution in [1.82, 2.24) is 14.7 Å². The summed E-state index contributed by atoms with van der Waals surface area (Å²) in [5.74, 6) is 0.811. The average molecular weight is 259 g/mol. The minimum absolute atomic E-state index is 0.600. The molecule has 1 N–H and O–H groups in total. The van der Waals surface area contributed by atoms with Crippen molar-refractivity contribution in [3.05, 3.63) is 46.1 Å². The molecule has 0 aliphatic carbocycles. The van der Waals surface area contributed by atoms with Gasteiger partial charge >= 0.3 is 0 Å². The second kappa shape index (κ2) is 4.10. The lowest BCUT2D eigenvalue weighted by Gasteiger charge is -2.01. The highest BCUT2D eigenvalue weighted by atomic mass is 32.1. The molecule has 5 heteroatoms. The highest BCUT2D eigenvalue weighted by Crippen LogP contribution is 2.19. The molecule has 2 heterocycles. The summed E-state index contributed by atoms with van der Waals surface area (Å²) in [6, 6.07) is 8.08. The minimum atomic E-state index is 0.600. The quantitative estimate of drug-likeness (QED) is 0.718. The van der Waals surface area contributed by atoms with Crippen LogP contribution >= 0.6 is 12.2 Å². The van der Waals surface area contributed by atoms with Crippen LogP contribution < -0.4 is 0 Å². The molecule has 2 aromatic heterocycles. The lowest BCUT2D eigenvalue weighted by atomic mass is 10.2. The smallest absolute Gasteiger partial charge is 0.178 e. The summed E-state index contributed by atoms with van der Waals surface area (Å²) in [6.45, 7) is 4.57. The fraction of sp³-hybridized carbons (Fsp3) is 0.231. The van der Waals surface area contributed by atoms with E-state index in [9.17, 15) is 0 Å². The van der Waals surface area contributed by atoms with E-state index >= 15 is 0 Å². The number of aromatic amines is 1. The average Bonchev–Trinajstić information content (AvgIpc) is 2.87. The van der Waals surface area contributed by atoms with Crippen molar-refractivity contribution in [2.24, 2.45) is 0 Å². The minimum Gasteiger partial charge on any atom is -0.359 e. The van der Waals surface area contributed by atoms with Crippen LogP contribution in [0.2, 0.25) is 0 Å². The SMILES string of the molecule is Cc1cc(Cn2c(=S)[nH]c3c(C)cccc32)on1. The number of hydrogen-bond donors (Lipinski definition) is 1. The van der Waals surface area contributed by atoms with Gasteiger partial charge in [-0.2, -0.15) is 0 Å². The Hall–Kier alpha value is -1.88. The predicted octanol–water partition coefficient (Wildman–Crippen LogP) is 3.35. The first-order valence-electron chi connectivity index (χ1n) is 5.75. The Balaban J connectivity index is 2.14. The van der Waals surface area contributed by atoms with Crippen molar-refractivity contribution in [2.75, 3.05) is 0 Å². The first-order chi connectivity index (χ1) is 8.65. The molecule has 0 atom stereocenters. The normalized spacial score (nSPS) is 11.2. The number of imidazole rings is 1. The molecule has 0 radical (unpaired) electrons. The maximum Gasteiger partial charge on any atom is 0.178 e. The van der Waals surface area contributed by atoms with E-state index in [1.807, 2.05) is 23.6 Å². The summed E-state index contributed by atoms with van der Waals surface area (Å²) in [7, 11) is 0. The fourth-order valence-electron chi connectivity index (χ4n) is 2.13. The Bertz CT molecular complexity index is 766. The van der Waals surface area contributed by atoms with Gasteiger partial charge in [0.1, 0.15) is 0 Å². The largest absolute Gasteiger partial charge is 0.359 e. The summed E-state index contributed by atoms with van der Waals surface area (Å²) < 4.78 is 7.97. The molecule has 3 aromatic rings. The number of nitrogens with zero attached hydrogens (tertiary/aromatic N) is 2. The van der Waals surface area contributed by atoms with Crippen LogP contribution in [0.3, 0.4) is 0 Å². The molecule has 1 aromatic carbocycles. The summed E-state index contributed by atoms with van der Waals surface area (Å²) in [4.78, 5) is 3.24. The highest BCUT2D eigenvalue weighted by Gasteiger charge is 2.09. The Morgan fingerprint density at radius 1 is 1.39 bits per heavy atom. The topological polar surface area (TPSA) is 46.8 Å². The Labute approximate surface area is 109 Å². The van der Waals surface area contributed by atoms with Gasteiger partial charge in [-0.15, -0.1) is 0 Å². The molecule has 0 fully saturated rings. The zero-order valence-electron chi connectivity index (χ0n) is 10.2. The van der Waals surface area contributed by atoms with Gasteiger partial charge in [-0.25, -0.2) is 0 Å². The van der Waals surface area contributed by atoms with E-state index < -0.39 is 0 Å². The standard InChI is InChI=1S/C13H13N3OS/c1-8-4-3-5-11-12(8)14-13(18)16(11)7-10-6-9(2)15-17-10/h3-6H,7H2,1-2H3,(H,14,18). The fourth-order valence-corrected chi connectivity index (χ4v) is 2.39. The maximum atomic E-state index is 5.36. The van der Waals surface area contributed by atoms with Crippen molar-refractivity contribution in [3.8, 4) is 0 Å². The van der Waals surface area contributed by atoms with Crippen LogP contribution in [0.25, 0.3) is 11.0 Å². The third-order valence-electron chi connectivity index (χ3n) is 3.01. The number of H-pyrrole nitrogens is 1. The van der Waals surface area contributed by atoms with Gasteiger partial charge in [0, 0.05) is 6.07 Å². The molecule has 0 aliphatic heterocycles. The van der Waals surface area contributed by atoms with Gasteiger partial charge in [0.05, 0.1) is 23.3 Å². The molecule has 3 rings (SSSR count). The molecule has 0 amide bonds. The van der Waals surface area contributed by atoms with Crippen molar-refractivity contribution in [1.29, 1.82) is 0 Å². The lowest BCUT2D eigenvalue weighted by Crippen LogP contribution is -1.98. The molecule has 18 heavy (non-hydrogen) atoms. The third-order valence-corrected chi connectivity index (χ3v) is 3.33. The molecule has 0 aliphatic rings. The molecule has 0 spiro atoms. The Kier molecular flexibility index (Phi) is 2.56.